The van der Waals surface area contributed by atoms with Crippen molar-refractivity contribution < 1.29 is 23.1 Å². The summed E-state index contributed by atoms with van der Waals surface area (Å²) >= 11 is 0. The molecule has 2 aliphatic rings. The standard InChI is InChI=1S/C19H26N2O5S/c22-17(20-19(18(23)24)10-2-3-11-19)14-15-6-8-16(9-7-15)27(25,26)21-12-4-1-5-13-21/h6-9H,1-5,10-14H2,(H,20,22)(H,23,24). The van der Waals surface area contributed by atoms with E-state index in [1.165, 1.54) is 16.4 Å². The lowest BCUT2D eigenvalue weighted by Crippen LogP contribution is -2.52. The molecular weight excluding hydrogens is 368 g/mol. The van der Waals surface area contributed by atoms with E-state index in [1.54, 1.807) is 12.1 Å². The molecule has 2 N–H and O–H groups in total. The molecule has 1 aromatic carbocycles. The molecule has 2 fully saturated rings. The lowest BCUT2D eigenvalue weighted by Gasteiger charge is -2.26. The maximum Gasteiger partial charge on any atom is 0.329 e. The van der Waals surface area contributed by atoms with Crippen LogP contribution in [0.15, 0.2) is 29.2 Å². The third kappa shape index (κ3) is 4.32. The number of piperidine rings is 1. The van der Waals surface area contributed by atoms with Crippen molar-refractivity contribution in [3.63, 3.8) is 0 Å². The highest BCUT2D eigenvalue weighted by Crippen LogP contribution is 2.30. The Morgan fingerprint density at radius 2 is 1.59 bits per heavy atom. The molecule has 1 saturated carbocycles. The number of sulfonamides is 1. The number of carbonyl (C=O) groups is 2. The zero-order valence-electron chi connectivity index (χ0n) is 15.3. The second kappa shape index (κ2) is 7.98. The van der Waals surface area contributed by atoms with Gasteiger partial charge in [-0.1, -0.05) is 31.4 Å². The van der Waals surface area contributed by atoms with Crippen LogP contribution in [0.25, 0.3) is 0 Å². The Morgan fingerprint density at radius 1 is 1.00 bits per heavy atom. The third-order valence-corrected chi connectivity index (χ3v) is 7.40. The van der Waals surface area contributed by atoms with Gasteiger partial charge >= 0.3 is 5.97 Å². The summed E-state index contributed by atoms with van der Waals surface area (Å²) < 4.78 is 26.8. The maximum absolute atomic E-state index is 12.6. The van der Waals surface area contributed by atoms with Crippen molar-refractivity contribution in [2.75, 3.05) is 13.1 Å². The molecule has 0 spiro atoms. The zero-order chi connectivity index (χ0) is 19.5. The molecule has 8 heteroatoms. The van der Waals surface area contributed by atoms with Crippen LogP contribution in [0.2, 0.25) is 0 Å². The number of hydrogen-bond acceptors (Lipinski definition) is 4. The van der Waals surface area contributed by atoms with Crippen LogP contribution in [0.5, 0.6) is 0 Å². The quantitative estimate of drug-likeness (QED) is 0.767. The van der Waals surface area contributed by atoms with Crippen molar-refractivity contribution >= 4 is 21.9 Å². The lowest BCUT2D eigenvalue weighted by molar-refractivity contribution is -0.147. The fourth-order valence-corrected chi connectivity index (χ4v) is 5.42. The van der Waals surface area contributed by atoms with Crippen molar-refractivity contribution in [3.8, 4) is 0 Å². The summed E-state index contributed by atoms with van der Waals surface area (Å²) in [5.74, 6) is -1.35. The summed E-state index contributed by atoms with van der Waals surface area (Å²) in [6.45, 7) is 1.09. The van der Waals surface area contributed by atoms with E-state index < -0.39 is 21.5 Å². The molecule has 1 aliphatic carbocycles. The first-order chi connectivity index (χ1) is 12.8. The van der Waals surface area contributed by atoms with E-state index >= 15 is 0 Å². The Bertz CT molecular complexity index is 792. The van der Waals surface area contributed by atoms with Gasteiger partial charge in [-0.05, 0) is 43.4 Å². The number of nitrogens with one attached hydrogen (secondary N) is 1. The van der Waals surface area contributed by atoms with E-state index in [4.69, 9.17) is 0 Å². The predicted molar refractivity (Wildman–Crippen MR) is 99.7 cm³/mol. The fraction of sp³-hybridized carbons (Fsp3) is 0.579. The van der Waals surface area contributed by atoms with Crippen molar-refractivity contribution in [2.24, 2.45) is 0 Å². The molecule has 148 valence electrons. The molecule has 0 bridgehead atoms. The van der Waals surface area contributed by atoms with Crippen LogP contribution >= 0.6 is 0 Å². The van der Waals surface area contributed by atoms with E-state index in [0.717, 1.165) is 32.1 Å². The highest BCUT2D eigenvalue weighted by atomic mass is 32.2. The minimum absolute atomic E-state index is 0.0269. The van der Waals surface area contributed by atoms with E-state index in [2.05, 4.69) is 5.32 Å². The molecule has 0 unspecified atom stereocenters. The number of carbonyl (C=O) groups excluding carboxylic acids is 1. The number of aliphatic carboxylic acids is 1. The second-order valence-corrected chi connectivity index (χ2v) is 9.37. The van der Waals surface area contributed by atoms with Crippen molar-refractivity contribution in [3.05, 3.63) is 29.8 Å². The molecule has 0 aromatic heterocycles. The third-order valence-electron chi connectivity index (χ3n) is 5.49. The molecule has 3 rings (SSSR count). The number of amides is 1. The van der Waals surface area contributed by atoms with Gasteiger partial charge in [0.25, 0.3) is 0 Å². The monoisotopic (exact) mass is 394 g/mol. The molecule has 0 atom stereocenters. The van der Waals surface area contributed by atoms with Gasteiger partial charge in [-0.25, -0.2) is 13.2 Å². The van der Waals surface area contributed by atoms with Gasteiger partial charge in [-0.15, -0.1) is 0 Å². The number of benzene rings is 1. The Balaban J connectivity index is 1.65. The Hall–Kier alpha value is -1.93. The highest BCUT2D eigenvalue weighted by Gasteiger charge is 2.42. The van der Waals surface area contributed by atoms with Gasteiger partial charge in [0.1, 0.15) is 5.54 Å². The molecule has 7 nitrogen and oxygen atoms in total. The van der Waals surface area contributed by atoms with Gasteiger partial charge < -0.3 is 10.4 Å². The minimum Gasteiger partial charge on any atom is -0.480 e. The highest BCUT2D eigenvalue weighted by molar-refractivity contribution is 7.89. The summed E-state index contributed by atoms with van der Waals surface area (Å²) in [5, 5.41) is 12.1. The average Bonchev–Trinajstić information content (AvgIpc) is 3.12. The molecule has 1 saturated heterocycles. The first-order valence-corrected chi connectivity index (χ1v) is 10.9. The molecular formula is C19H26N2O5S. The van der Waals surface area contributed by atoms with Crippen LogP contribution in [0.4, 0.5) is 0 Å². The summed E-state index contributed by atoms with van der Waals surface area (Å²) in [5.41, 5.74) is -0.502. The van der Waals surface area contributed by atoms with Gasteiger partial charge in [0, 0.05) is 13.1 Å². The average molecular weight is 394 g/mol. The summed E-state index contributed by atoms with van der Waals surface area (Å²) in [6.07, 6.45) is 5.30. The maximum atomic E-state index is 12.6. The largest absolute Gasteiger partial charge is 0.480 e. The van der Waals surface area contributed by atoms with E-state index in [0.29, 0.717) is 31.5 Å². The number of nitrogens with zero attached hydrogens (tertiary/aromatic N) is 1. The summed E-state index contributed by atoms with van der Waals surface area (Å²) in [4.78, 5) is 24.1. The Morgan fingerprint density at radius 3 is 2.15 bits per heavy atom. The second-order valence-electron chi connectivity index (χ2n) is 7.43. The van der Waals surface area contributed by atoms with E-state index in [1.807, 2.05) is 0 Å². The van der Waals surface area contributed by atoms with Gasteiger partial charge in [-0.3, -0.25) is 4.79 Å². The number of rotatable bonds is 6. The Kier molecular flexibility index (Phi) is 5.86. The van der Waals surface area contributed by atoms with E-state index in [9.17, 15) is 23.1 Å². The minimum atomic E-state index is -3.49. The normalized spacial score (nSPS) is 20.3. The summed E-state index contributed by atoms with van der Waals surface area (Å²) in [7, 11) is -3.49. The molecule has 1 aliphatic heterocycles. The van der Waals surface area contributed by atoms with Gasteiger partial charge in [0.05, 0.1) is 11.3 Å². The van der Waals surface area contributed by atoms with Crippen LogP contribution in [-0.4, -0.2) is 48.3 Å². The van der Waals surface area contributed by atoms with Crippen LogP contribution in [0, 0.1) is 0 Å². The lowest BCUT2D eigenvalue weighted by atomic mass is 9.97. The first-order valence-electron chi connectivity index (χ1n) is 9.47. The first kappa shape index (κ1) is 19.8. The van der Waals surface area contributed by atoms with Crippen LogP contribution in [0.1, 0.15) is 50.5 Å². The molecule has 1 heterocycles. The van der Waals surface area contributed by atoms with Gasteiger partial charge in [0.2, 0.25) is 15.9 Å². The molecule has 1 aromatic rings. The van der Waals surface area contributed by atoms with Crippen molar-refractivity contribution in [1.82, 2.24) is 9.62 Å². The number of hydrogen-bond donors (Lipinski definition) is 2. The SMILES string of the molecule is O=C(Cc1ccc(S(=O)(=O)N2CCCCC2)cc1)NC1(C(=O)O)CCCC1. The topological polar surface area (TPSA) is 104 Å². The fourth-order valence-electron chi connectivity index (χ4n) is 3.90. The van der Waals surface area contributed by atoms with Crippen LogP contribution in [0.3, 0.4) is 0 Å². The smallest absolute Gasteiger partial charge is 0.329 e. The van der Waals surface area contributed by atoms with Gasteiger partial charge in [-0.2, -0.15) is 4.31 Å². The van der Waals surface area contributed by atoms with E-state index in [-0.39, 0.29) is 17.2 Å². The molecule has 0 radical (unpaired) electrons. The summed E-state index contributed by atoms with van der Waals surface area (Å²) in [6, 6.07) is 6.29. The number of carboxylic acids is 1. The van der Waals surface area contributed by atoms with Crippen LogP contribution < -0.4 is 5.32 Å². The van der Waals surface area contributed by atoms with Crippen LogP contribution in [-0.2, 0) is 26.0 Å². The molecule has 1 amide bonds. The van der Waals surface area contributed by atoms with Crippen molar-refractivity contribution in [2.45, 2.75) is 61.8 Å². The Labute approximate surface area is 159 Å². The predicted octanol–water partition coefficient (Wildman–Crippen LogP) is 1.92. The van der Waals surface area contributed by atoms with Crippen molar-refractivity contribution in [1.29, 1.82) is 0 Å². The zero-order valence-corrected chi connectivity index (χ0v) is 16.1. The molecule has 27 heavy (non-hydrogen) atoms. The van der Waals surface area contributed by atoms with Gasteiger partial charge in [0.15, 0.2) is 0 Å². The number of carboxylic acid groups (broad SMARTS) is 1.